The van der Waals surface area contributed by atoms with Crippen LogP contribution in [-0.2, 0) is 19.6 Å². The number of rotatable bonds is 4. The van der Waals surface area contributed by atoms with Crippen molar-refractivity contribution in [2.75, 3.05) is 39.3 Å². The van der Waals surface area contributed by atoms with Crippen LogP contribution in [0.15, 0.2) is 23.1 Å². The van der Waals surface area contributed by atoms with E-state index in [0.717, 1.165) is 24.0 Å². The van der Waals surface area contributed by atoms with Crippen molar-refractivity contribution in [2.45, 2.75) is 44.4 Å². The zero-order chi connectivity index (χ0) is 21.5. The van der Waals surface area contributed by atoms with Gasteiger partial charge >= 0.3 is 0 Å². The molecule has 0 bridgehead atoms. The third-order valence-electron chi connectivity index (χ3n) is 6.75. The van der Waals surface area contributed by atoms with Crippen LogP contribution >= 0.6 is 0 Å². The second-order valence-corrected chi connectivity index (χ2v) is 10.8. The molecule has 2 saturated heterocycles. The van der Waals surface area contributed by atoms with Crippen molar-refractivity contribution in [3.8, 4) is 0 Å². The fraction of sp³-hybridized carbons (Fsp3) is 0.636. The Balaban J connectivity index is 1.31. The highest BCUT2D eigenvalue weighted by atomic mass is 32.2. The Morgan fingerprint density at radius 3 is 1.73 bits per heavy atom. The monoisotopic (exact) mass is 433 g/mol. The van der Waals surface area contributed by atoms with Gasteiger partial charge in [0.15, 0.2) is 0 Å². The molecular weight excluding hydrogens is 402 g/mol. The van der Waals surface area contributed by atoms with Crippen molar-refractivity contribution in [1.29, 1.82) is 0 Å². The zero-order valence-corrected chi connectivity index (χ0v) is 18.7. The molecule has 30 heavy (non-hydrogen) atoms. The Bertz CT molecular complexity index is 926. The lowest BCUT2D eigenvalue weighted by Crippen LogP contribution is -2.53. The van der Waals surface area contributed by atoms with Crippen molar-refractivity contribution in [3.05, 3.63) is 29.3 Å². The fourth-order valence-electron chi connectivity index (χ4n) is 4.36. The summed E-state index contributed by atoms with van der Waals surface area (Å²) in [5.74, 6) is 0.432. The molecule has 0 spiro atoms. The number of nitrogens with zero attached hydrogens (tertiary/aromatic N) is 3. The van der Waals surface area contributed by atoms with Crippen molar-refractivity contribution >= 4 is 21.8 Å². The molecule has 0 unspecified atom stereocenters. The van der Waals surface area contributed by atoms with Crippen LogP contribution in [0.2, 0.25) is 0 Å². The minimum atomic E-state index is -3.53. The molecule has 2 aliphatic heterocycles. The summed E-state index contributed by atoms with van der Waals surface area (Å²) < 4.78 is 27.5. The van der Waals surface area contributed by atoms with E-state index in [9.17, 15) is 18.0 Å². The van der Waals surface area contributed by atoms with Crippen molar-refractivity contribution in [2.24, 2.45) is 11.8 Å². The van der Waals surface area contributed by atoms with E-state index in [4.69, 9.17) is 0 Å². The fourth-order valence-corrected chi connectivity index (χ4v) is 5.92. The van der Waals surface area contributed by atoms with Crippen LogP contribution in [0.25, 0.3) is 0 Å². The van der Waals surface area contributed by atoms with E-state index in [1.807, 2.05) is 29.7 Å². The first-order valence-corrected chi connectivity index (χ1v) is 12.4. The van der Waals surface area contributed by atoms with Crippen LogP contribution in [0.5, 0.6) is 0 Å². The molecule has 164 valence electrons. The summed E-state index contributed by atoms with van der Waals surface area (Å²) in [5.41, 5.74) is 2.03. The van der Waals surface area contributed by atoms with Crippen LogP contribution in [0.1, 0.15) is 36.8 Å². The van der Waals surface area contributed by atoms with E-state index in [1.165, 1.54) is 4.31 Å². The molecule has 0 radical (unpaired) electrons. The van der Waals surface area contributed by atoms with Crippen LogP contribution in [0, 0.1) is 25.7 Å². The van der Waals surface area contributed by atoms with Gasteiger partial charge in [-0.15, -0.1) is 0 Å². The highest BCUT2D eigenvalue weighted by Gasteiger charge is 2.37. The van der Waals surface area contributed by atoms with Crippen LogP contribution in [-0.4, -0.2) is 73.6 Å². The maximum absolute atomic E-state index is 13.0. The summed E-state index contributed by atoms with van der Waals surface area (Å²) in [6, 6.07) is 5.23. The third kappa shape index (κ3) is 4.25. The van der Waals surface area contributed by atoms with Gasteiger partial charge in [-0.1, -0.05) is 6.07 Å². The summed E-state index contributed by atoms with van der Waals surface area (Å²) in [5, 5.41) is 0. The Labute approximate surface area is 179 Å². The molecule has 2 amide bonds. The van der Waals surface area contributed by atoms with Gasteiger partial charge in [0.05, 0.1) is 4.90 Å². The first-order chi connectivity index (χ1) is 14.3. The number of aryl methyl sites for hydroxylation is 2. The smallest absolute Gasteiger partial charge is 0.243 e. The zero-order valence-electron chi connectivity index (χ0n) is 17.8. The molecule has 4 rings (SSSR count). The summed E-state index contributed by atoms with van der Waals surface area (Å²) >= 11 is 0. The Hall–Kier alpha value is -1.93. The second-order valence-electron chi connectivity index (χ2n) is 8.85. The number of carbonyl (C=O) groups excluding carboxylic acids is 2. The van der Waals surface area contributed by atoms with Gasteiger partial charge in [0.1, 0.15) is 0 Å². The van der Waals surface area contributed by atoms with Gasteiger partial charge in [0, 0.05) is 51.1 Å². The number of amides is 2. The summed E-state index contributed by atoms with van der Waals surface area (Å²) in [7, 11) is -3.53. The largest absolute Gasteiger partial charge is 0.339 e. The van der Waals surface area contributed by atoms with Gasteiger partial charge in [-0.3, -0.25) is 9.59 Å². The first kappa shape index (κ1) is 21.3. The van der Waals surface area contributed by atoms with E-state index in [1.54, 1.807) is 12.1 Å². The highest BCUT2D eigenvalue weighted by molar-refractivity contribution is 7.89. The number of hydrogen-bond acceptors (Lipinski definition) is 4. The summed E-state index contributed by atoms with van der Waals surface area (Å²) in [6.07, 6.45) is 3.09. The SMILES string of the molecule is Cc1ccc(S(=O)(=O)N2CCC(C(=O)N3CCN(C(=O)C4CC4)CC3)CC2)cc1C. The molecule has 0 N–H and O–H groups in total. The average Bonchev–Trinajstić information content (AvgIpc) is 3.60. The molecule has 1 saturated carbocycles. The first-order valence-electron chi connectivity index (χ1n) is 10.9. The molecule has 8 heteroatoms. The quantitative estimate of drug-likeness (QED) is 0.725. The lowest BCUT2D eigenvalue weighted by atomic mass is 9.96. The van der Waals surface area contributed by atoms with Crippen LogP contribution in [0.3, 0.4) is 0 Å². The van der Waals surface area contributed by atoms with Gasteiger partial charge in [-0.25, -0.2) is 8.42 Å². The number of carbonyl (C=O) groups is 2. The molecule has 1 aromatic carbocycles. The molecule has 0 atom stereocenters. The molecular formula is C22H31N3O4S. The molecule has 3 aliphatic rings. The van der Waals surface area contributed by atoms with E-state index in [-0.39, 0.29) is 23.7 Å². The Kier molecular flexibility index (Phi) is 5.90. The van der Waals surface area contributed by atoms with Gasteiger partial charge in [-0.05, 0) is 62.8 Å². The summed E-state index contributed by atoms with van der Waals surface area (Å²) in [4.78, 5) is 29.2. The number of piperazine rings is 1. The average molecular weight is 434 g/mol. The minimum Gasteiger partial charge on any atom is -0.339 e. The van der Waals surface area contributed by atoms with Crippen molar-refractivity contribution in [1.82, 2.24) is 14.1 Å². The van der Waals surface area contributed by atoms with Gasteiger partial charge in [0.2, 0.25) is 21.8 Å². The lowest BCUT2D eigenvalue weighted by Gasteiger charge is -2.38. The number of piperidine rings is 1. The topological polar surface area (TPSA) is 78.0 Å². The van der Waals surface area contributed by atoms with Gasteiger partial charge in [0.25, 0.3) is 0 Å². The number of hydrogen-bond donors (Lipinski definition) is 0. The van der Waals surface area contributed by atoms with Crippen molar-refractivity contribution < 1.29 is 18.0 Å². The maximum atomic E-state index is 13.0. The normalized spacial score (nSPS) is 21.7. The molecule has 1 aliphatic carbocycles. The minimum absolute atomic E-state index is 0.108. The van der Waals surface area contributed by atoms with E-state index >= 15 is 0 Å². The number of benzene rings is 1. The standard InChI is InChI=1S/C22H31N3O4S/c1-16-3-6-20(15-17(16)2)30(28,29)25-9-7-19(8-10-25)22(27)24-13-11-23(12-14-24)21(26)18-4-5-18/h3,6,15,18-19H,4-5,7-14H2,1-2H3. The predicted molar refractivity (Wildman–Crippen MR) is 113 cm³/mol. The molecule has 2 heterocycles. The molecule has 1 aromatic rings. The van der Waals surface area contributed by atoms with Gasteiger partial charge in [-0.2, -0.15) is 4.31 Å². The van der Waals surface area contributed by atoms with E-state index in [0.29, 0.717) is 57.0 Å². The molecule has 0 aromatic heterocycles. The van der Waals surface area contributed by atoms with Crippen molar-refractivity contribution in [3.63, 3.8) is 0 Å². The second kappa shape index (κ2) is 8.30. The van der Waals surface area contributed by atoms with Gasteiger partial charge < -0.3 is 9.80 Å². The highest BCUT2D eigenvalue weighted by Crippen LogP contribution is 2.31. The number of sulfonamides is 1. The predicted octanol–water partition coefficient (Wildman–Crippen LogP) is 1.78. The molecule has 7 nitrogen and oxygen atoms in total. The van der Waals surface area contributed by atoms with Crippen LogP contribution < -0.4 is 0 Å². The third-order valence-corrected chi connectivity index (χ3v) is 8.64. The summed E-state index contributed by atoms with van der Waals surface area (Å²) in [6.45, 7) is 7.00. The van der Waals surface area contributed by atoms with Crippen LogP contribution in [0.4, 0.5) is 0 Å². The Morgan fingerprint density at radius 1 is 0.767 bits per heavy atom. The van der Waals surface area contributed by atoms with E-state index in [2.05, 4.69) is 0 Å². The van der Waals surface area contributed by atoms with E-state index < -0.39 is 10.0 Å². The lowest BCUT2D eigenvalue weighted by molar-refractivity contribution is -0.143. The molecule has 3 fully saturated rings. The Morgan fingerprint density at radius 2 is 1.27 bits per heavy atom. The maximum Gasteiger partial charge on any atom is 0.243 e.